The van der Waals surface area contributed by atoms with Gasteiger partial charge in [0.2, 0.25) is 5.71 Å². The van der Waals surface area contributed by atoms with Crippen molar-refractivity contribution in [1.82, 2.24) is 4.98 Å². The summed E-state index contributed by atoms with van der Waals surface area (Å²) in [6, 6.07) is 1.88. The molecule has 2 rings (SSSR count). The van der Waals surface area contributed by atoms with Gasteiger partial charge in [0.25, 0.3) is 0 Å². The molecule has 2 heterocycles. The summed E-state index contributed by atoms with van der Waals surface area (Å²) < 4.78 is 5.06. The van der Waals surface area contributed by atoms with Crippen LogP contribution in [0.3, 0.4) is 0 Å². The van der Waals surface area contributed by atoms with Crippen LogP contribution in [0.15, 0.2) is 22.9 Å². The molecule has 2 aromatic rings. The smallest absolute Gasteiger partial charge is 0.227 e. The molecule has 0 unspecified atom stereocenters. The Morgan fingerprint density at radius 3 is 3.08 bits per heavy atom. The van der Waals surface area contributed by atoms with Crippen molar-refractivity contribution in [3.05, 3.63) is 29.1 Å². The molecule has 0 atom stereocenters. The van der Waals surface area contributed by atoms with E-state index in [2.05, 4.69) is 4.98 Å². The Balaban J connectivity index is 2.71. The molecule has 4 heteroatoms. The molecular formula is C8H5Cl2NO. The zero-order chi connectivity index (χ0) is 8.55. The van der Waals surface area contributed by atoms with E-state index in [4.69, 9.17) is 27.6 Å². The van der Waals surface area contributed by atoms with Gasteiger partial charge in [-0.05, 0) is 11.6 Å². The molecule has 2 aromatic heterocycles. The minimum absolute atomic E-state index is 0.435. The van der Waals surface area contributed by atoms with Gasteiger partial charge in [0.15, 0.2) is 0 Å². The maximum atomic E-state index is 5.82. The summed E-state index contributed by atoms with van der Waals surface area (Å²) in [5, 5.41) is 1.39. The fraction of sp³-hybridized carbons (Fsp3) is 0.125. The van der Waals surface area contributed by atoms with Crippen molar-refractivity contribution in [1.29, 1.82) is 0 Å². The molecule has 0 fully saturated rings. The molecular weight excluding hydrogens is 197 g/mol. The summed E-state index contributed by atoms with van der Waals surface area (Å²) in [4.78, 5) is 4.04. The van der Waals surface area contributed by atoms with E-state index in [0.717, 1.165) is 10.9 Å². The van der Waals surface area contributed by atoms with Gasteiger partial charge in [0, 0.05) is 12.1 Å². The SMILES string of the molecule is ClCc1cnc2occ(Cl)c2c1. The van der Waals surface area contributed by atoms with Gasteiger partial charge in [0.05, 0.1) is 10.4 Å². The third-order valence-electron chi connectivity index (χ3n) is 1.59. The fourth-order valence-electron chi connectivity index (χ4n) is 1.00. The number of nitrogens with zero attached hydrogens (tertiary/aromatic N) is 1. The number of fused-ring (bicyclic) bond motifs is 1. The lowest BCUT2D eigenvalue weighted by Crippen LogP contribution is -1.79. The molecule has 0 spiro atoms. The van der Waals surface area contributed by atoms with Gasteiger partial charge < -0.3 is 4.42 Å². The van der Waals surface area contributed by atoms with E-state index in [9.17, 15) is 0 Å². The Labute approximate surface area is 79.1 Å². The van der Waals surface area contributed by atoms with Gasteiger partial charge in [-0.25, -0.2) is 4.98 Å². The lowest BCUT2D eigenvalue weighted by Gasteiger charge is -1.92. The molecule has 0 saturated carbocycles. The normalized spacial score (nSPS) is 10.8. The van der Waals surface area contributed by atoms with Gasteiger partial charge in [-0.3, -0.25) is 0 Å². The highest BCUT2D eigenvalue weighted by Gasteiger charge is 2.04. The maximum absolute atomic E-state index is 5.82. The highest BCUT2D eigenvalue weighted by Crippen LogP contribution is 2.24. The average molecular weight is 202 g/mol. The average Bonchev–Trinajstić information content (AvgIpc) is 2.47. The molecule has 62 valence electrons. The van der Waals surface area contributed by atoms with E-state index in [1.165, 1.54) is 6.26 Å². The quantitative estimate of drug-likeness (QED) is 0.663. The zero-order valence-electron chi connectivity index (χ0n) is 6.05. The summed E-state index contributed by atoms with van der Waals surface area (Å²) in [6.07, 6.45) is 3.15. The number of hydrogen-bond acceptors (Lipinski definition) is 2. The Bertz CT molecular complexity index is 410. The number of alkyl halides is 1. The first-order chi connectivity index (χ1) is 5.81. The van der Waals surface area contributed by atoms with Crippen LogP contribution in [0.2, 0.25) is 5.02 Å². The highest BCUT2D eigenvalue weighted by molar-refractivity contribution is 6.35. The molecule has 12 heavy (non-hydrogen) atoms. The van der Waals surface area contributed by atoms with Crippen molar-refractivity contribution in [2.24, 2.45) is 0 Å². The minimum Gasteiger partial charge on any atom is -0.445 e. The third kappa shape index (κ3) is 1.17. The van der Waals surface area contributed by atoms with Gasteiger partial charge in [0.1, 0.15) is 6.26 Å². The van der Waals surface area contributed by atoms with Crippen molar-refractivity contribution in [3.8, 4) is 0 Å². The van der Waals surface area contributed by atoms with Crippen molar-refractivity contribution in [2.75, 3.05) is 0 Å². The van der Waals surface area contributed by atoms with Crippen molar-refractivity contribution in [3.63, 3.8) is 0 Å². The maximum Gasteiger partial charge on any atom is 0.227 e. The first-order valence-corrected chi connectivity index (χ1v) is 4.30. The van der Waals surface area contributed by atoms with Crippen LogP contribution in [0.5, 0.6) is 0 Å². The van der Waals surface area contributed by atoms with Crippen LogP contribution < -0.4 is 0 Å². The Morgan fingerprint density at radius 2 is 2.33 bits per heavy atom. The molecule has 0 aliphatic rings. The predicted octanol–water partition coefficient (Wildman–Crippen LogP) is 3.22. The van der Waals surface area contributed by atoms with Crippen LogP contribution in [-0.2, 0) is 5.88 Å². The first-order valence-electron chi connectivity index (χ1n) is 3.39. The summed E-state index contributed by atoms with van der Waals surface area (Å²) >= 11 is 11.5. The lowest BCUT2D eigenvalue weighted by atomic mass is 10.2. The molecule has 0 aliphatic carbocycles. The second-order valence-electron chi connectivity index (χ2n) is 2.41. The Kier molecular flexibility index (Phi) is 1.95. The largest absolute Gasteiger partial charge is 0.445 e. The van der Waals surface area contributed by atoms with E-state index >= 15 is 0 Å². The molecule has 0 saturated heterocycles. The van der Waals surface area contributed by atoms with Crippen molar-refractivity contribution in [2.45, 2.75) is 5.88 Å². The fourth-order valence-corrected chi connectivity index (χ4v) is 1.33. The van der Waals surface area contributed by atoms with Gasteiger partial charge in [-0.1, -0.05) is 11.6 Å². The predicted molar refractivity (Wildman–Crippen MR) is 48.6 cm³/mol. The van der Waals surface area contributed by atoms with Crippen LogP contribution in [0.4, 0.5) is 0 Å². The van der Waals surface area contributed by atoms with Crippen LogP contribution in [-0.4, -0.2) is 4.98 Å². The van der Waals surface area contributed by atoms with Crippen molar-refractivity contribution < 1.29 is 4.42 Å². The van der Waals surface area contributed by atoms with Crippen LogP contribution in [0, 0.1) is 0 Å². The number of hydrogen-bond donors (Lipinski definition) is 0. The number of halogens is 2. The van der Waals surface area contributed by atoms with E-state index in [-0.39, 0.29) is 0 Å². The van der Waals surface area contributed by atoms with E-state index in [1.807, 2.05) is 6.07 Å². The van der Waals surface area contributed by atoms with Crippen LogP contribution in [0.1, 0.15) is 5.56 Å². The van der Waals surface area contributed by atoms with Gasteiger partial charge >= 0.3 is 0 Å². The molecule has 0 aliphatic heterocycles. The third-order valence-corrected chi connectivity index (χ3v) is 2.19. The number of rotatable bonds is 1. The topological polar surface area (TPSA) is 26.0 Å². The number of furan rings is 1. The number of aromatic nitrogens is 1. The molecule has 0 radical (unpaired) electrons. The van der Waals surface area contributed by atoms with Crippen LogP contribution in [0.25, 0.3) is 11.1 Å². The number of pyridine rings is 1. The monoisotopic (exact) mass is 201 g/mol. The minimum atomic E-state index is 0.435. The van der Waals surface area contributed by atoms with Crippen molar-refractivity contribution >= 4 is 34.3 Å². The summed E-state index contributed by atoms with van der Waals surface area (Å²) in [5.74, 6) is 0.435. The summed E-state index contributed by atoms with van der Waals surface area (Å²) in [5.41, 5.74) is 1.49. The lowest BCUT2D eigenvalue weighted by molar-refractivity contribution is 0.603. The second-order valence-corrected chi connectivity index (χ2v) is 3.09. The Morgan fingerprint density at radius 1 is 1.50 bits per heavy atom. The van der Waals surface area contributed by atoms with Gasteiger partial charge in [-0.15, -0.1) is 11.6 Å². The van der Waals surface area contributed by atoms with Crippen LogP contribution >= 0.6 is 23.2 Å². The molecule has 2 nitrogen and oxygen atoms in total. The van der Waals surface area contributed by atoms with E-state index < -0.39 is 0 Å². The highest BCUT2D eigenvalue weighted by atomic mass is 35.5. The Hall–Kier alpha value is -0.730. The summed E-state index contributed by atoms with van der Waals surface area (Å²) in [6.45, 7) is 0. The first kappa shape index (κ1) is 7.90. The van der Waals surface area contributed by atoms with E-state index in [0.29, 0.717) is 16.6 Å². The second kappa shape index (κ2) is 2.96. The molecule has 0 bridgehead atoms. The molecule has 0 amide bonds. The molecule has 0 aromatic carbocycles. The summed E-state index contributed by atoms with van der Waals surface area (Å²) in [7, 11) is 0. The zero-order valence-corrected chi connectivity index (χ0v) is 7.56. The van der Waals surface area contributed by atoms with E-state index in [1.54, 1.807) is 6.20 Å². The standard InChI is InChI=1S/C8H5Cl2NO/c9-2-5-1-6-7(10)4-12-8(6)11-3-5/h1,3-4H,2H2. The molecule has 0 N–H and O–H groups in total. The van der Waals surface area contributed by atoms with Gasteiger partial charge in [-0.2, -0.15) is 0 Å².